The van der Waals surface area contributed by atoms with Gasteiger partial charge in [-0.05, 0) is 77.1 Å². The predicted molar refractivity (Wildman–Crippen MR) is 144 cm³/mol. The maximum atomic E-state index is 14.0. The molecule has 12 heteroatoms. The van der Waals surface area contributed by atoms with Crippen LogP contribution in [0.2, 0.25) is 5.15 Å². The summed E-state index contributed by atoms with van der Waals surface area (Å²) in [6.07, 6.45) is -4.81. The van der Waals surface area contributed by atoms with Gasteiger partial charge in [-0.2, -0.15) is 13.2 Å². The molecule has 0 spiro atoms. The fraction of sp³-hybridized carbons (Fsp3) is 0.276. The summed E-state index contributed by atoms with van der Waals surface area (Å²) in [5.41, 5.74) is -3.28. The molecule has 1 unspecified atom stereocenters. The van der Waals surface area contributed by atoms with E-state index in [2.05, 4.69) is 10.3 Å². The summed E-state index contributed by atoms with van der Waals surface area (Å²) in [7, 11) is 0. The van der Waals surface area contributed by atoms with Crippen molar-refractivity contribution in [3.63, 3.8) is 0 Å². The average molecular weight is 595 g/mol. The van der Waals surface area contributed by atoms with Gasteiger partial charge in [0.2, 0.25) is 0 Å². The summed E-state index contributed by atoms with van der Waals surface area (Å²) >= 11 is 5.99. The van der Waals surface area contributed by atoms with E-state index >= 15 is 0 Å². The lowest BCUT2D eigenvalue weighted by Gasteiger charge is -2.23. The Balaban J connectivity index is 1.92. The lowest BCUT2D eigenvalue weighted by atomic mass is 9.98. The number of carbonyl (C=O) groups is 1. The lowest BCUT2D eigenvalue weighted by molar-refractivity contribution is -0.137. The zero-order valence-electron chi connectivity index (χ0n) is 22.5. The van der Waals surface area contributed by atoms with Crippen LogP contribution in [0.25, 0.3) is 22.3 Å². The third-order valence-electron chi connectivity index (χ3n) is 6.05. The van der Waals surface area contributed by atoms with Crippen molar-refractivity contribution in [1.82, 2.24) is 4.98 Å². The highest BCUT2D eigenvalue weighted by Gasteiger charge is 2.33. The Hall–Kier alpha value is -3.99. The number of carbonyl (C=O) groups excluding carboxylic acids is 1. The molecule has 0 aliphatic rings. The number of anilines is 1. The molecule has 0 fully saturated rings. The molecule has 0 amide bonds. The van der Waals surface area contributed by atoms with Gasteiger partial charge in [0.25, 0.3) is 0 Å². The first-order chi connectivity index (χ1) is 19.0. The standard InChI is InChI=1S/C29H24ClF5N2O4/c1-13-24(38)18-12-16(29(33,34)35)11-17(26(18)40-25(13)15-6-7-19(31)20(32)10-15)14(2)36-21-8-9-22(30)37-23(21)27(39)41-28(3,4)5/h6-12,14,36H,1-5H3. The molecule has 0 radical (unpaired) electrons. The molecule has 2 aromatic carbocycles. The van der Waals surface area contributed by atoms with Crippen molar-refractivity contribution in [2.45, 2.75) is 52.4 Å². The second kappa shape index (κ2) is 10.8. The summed E-state index contributed by atoms with van der Waals surface area (Å²) < 4.78 is 80.6. The minimum absolute atomic E-state index is 0.0148. The molecule has 0 bridgehead atoms. The highest BCUT2D eigenvalue weighted by molar-refractivity contribution is 6.29. The molecule has 6 nitrogen and oxygen atoms in total. The molecule has 0 saturated heterocycles. The lowest BCUT2D eigenvalue weighted by Crippen LogP contribution is -2.25. The summed E-state index contributed by atoms with van der Waals surface area (Å²) in [5, 5.41) is 2.55. The summed E-state index contributed by atoms with van der Waals surface area (Å²) in [5.74, 6) is -3.29. The number of rotatable bonds is 5. The third-order valence-corrected chi connectivity index (χ3v) is 6.26. The third kappa shape index (κ3) is 6.35. The normalized spacial score (nSPS) is 12.9. The van der Waals surface area contributed by atoms with Gasteiger partial charge in [0.1, 0.15) is 22.1 Å². The van der Waals surface area contributed by atoms with Crippen LogP contribution < -0.4 is 10.7 Å². The van der Waals surface area contributed by atoms with Crippen LogP contribution in [0.15, 0.2) is 51.7 Å². The van der Waals surface area contributed by atoms with Gasteiger partial charge >= 0.3 is 12.1 Å². The van der Waals surface area contributed by atoms with E-state index in [0.29, 0.717) is 6.07 Å². The Morgan fingerprint density at radius 1 is 1.05 bits per heavy atom. The van der Waals surface area contributed by atoms with Crippen LogP contribution in [0.4, 0.5) is 27.6 Å². The van der Waals surface area contributed by atoms with Crippen LogP contribution in [-0.4, -0.2) is 16.6 Å². The minimum Gasteiger partial charge on any atom is -0.455 e. The van der Waals surface area contributed by atoms with Gasteiger partial charge in [-0.15, -0.1) is 0 Å². The number of hydrogen-bond acceptors (Lipinski definition) is 6. The van der Waals surface area contributed by atoms with Crippen molar-refractivity contribution < 1.29 is 35.9 Å². The molecule has 0 aliphatic carbocycles. The molecular formula is C29H24ClF5N2O4. The number of nitrogens with zero attached hydrogens (tertiary/aromatic N) is 1. The van der Waals surface area contributed by atoms with E-state index in [0.717, 1.165) is 18.2 Å². The fourth-order valence-electron chi connectivity index (χ4n) is 4.16. The van der Waals surface area contributed by atoms with E-state index in [4.69, 9.17) is 20.8 Å². The van der Waals surface area contributed by atoms with E-state index in [9.17, 15) is 31.5 Å². The molecule has 41 heavy (non-hydrogen) atoms. The first kappa shape index (κ1) is 30.0. The van der Waals surface area contributed by atoms with Gasteiger partial charge in [0, 0.05) is 16.7 Å². The second-order valence-electron chi connectivity index (χ2n) is 10.4. The Morgan fingerprint density at radius 3 is 2.34 bits per heavy atom. The number of nitrogens with one attached hydrogen (secondary N) is 1. The predicted octanol–water partition coefficient (Wildman–Crippen LogP) is 8.24. The number of hydrogen-bond donors (Lipinski definition) is 1. The Labute approximate surface area is 236 Å². The molecule has 0 saturated carbocycles. The summed E-state index contributed by atoms with van der Waals surface area (Å²) in [4.78, 5) is 30.2. The molecule has 4 rings (SSSR count). The van der Waals surface area contributed by atoms with Crippen LogP contribution >= 0.6 is 11.6 Å². The second-order valence-corrected chi connectivity index (χ2v) is 10.7. The van der Waals surface area contributed by atoms with Crippen molar-refractivity contribution in [2.24, 2.45) is 0 Å². The highest BCUT2D eigenvalue weighted by Crippen LogP contribution is 2.38. The zero-order valence-corrected chi connectivity index (χ0v) is 23.2. The van der Waals surface area contributed by atoms with E-state index < -0.39 is 46.4 Å². The summed E-state index contributed by atoms with van der Waals surface area (Å²) in [6, 6.07) is 6.12. The van der Waals surface area contributed by atoms with Crippen molar-refractivity contribution >= 4 is 34.2 Å². The van der Waals surface area contributed by atoms with Crippen molar-refractivity contribution in [1.29, 1.82) is 0 Å². The maximum Gasteiger partial charge on any atom is 0.416 e. The van der Waals surface area contributed by atoms with Gasteiger partial charge in [-0.3, -0.25) is 4.79 Å². The topological polar surface area (TPSA) is 81.4 Å². The van der Waals surface area contributed by atoms with Crippen molar-refractivity contribution in [3.8, 4) is 11.3 Å². The average Bonchev–Trinajstić information content (AvgIpc) is 2.86. The number of alkyl halides is 3. The van der Waals surface area contributed by atoms with Crippen LogP contribution in [-0.2, 0) is 10.9 Å². The first-order valence-electron chi connectivity index (χ1n) is 12.3. The largest absolute Gasteiger partial charge is 0.455 e. The molecular weight excluding hydrogens is 571 g/mol. The SMILES string of the molecule is Cc1c(-c2ccc(F)c(F)c2)oc2c(C(C)Nc3ccc(Cl)nc3C(=O)OC(C)(C)C)cc(C(F)(F)F)cc2c1=O. The van der Waals surface area contributed by atoms with Gasteiger partial charge in [-0.1, -0.05) is 11.6 Å². The number of esters is 1. The van der Waals surface area contributed by atoms with Crippen LogP contribution in [0, 0.1) is 18.6 Å². The number of pyridine rings is 1. The fourth-order valence-corrected chi connectivity index (χ4v) is 4.31. The Kier molecular flexibility index (Phi) is 7.88. The number of ether oxygens (including phenoxy) is 1. The van der Waals surface area contributed by atoms with Crippen molar-refractivity contribution in [3.05, 3.63) is 91.9 Å². The highest BCUT2D eigenvalue weighted by atomic mass is 35.5. The van der Waals surface area contributed by atoms with Crippen LogP contribution in [0.1, 0.15) is 60.9 Å². The van der Waals surface area contributed by atoms with Gasteiger partial charge in [0.05, 0.1) is 22.7 Å². The van der Waals surface area contributed by atoms with E-state index in [-0.39, 0.29) is 50.0 Å². The van der Waals surface area contributed by atoms with E-state index in [1.165, 1.54) is 32.0 Å². The molecule has 0 aliphatic heterocycles. The Morgan fingerprint density at radius 2 is 1.73 bits per heavy atom. The molecule has 216 valence electrons. The molecule has 2 heterocycles. The van der Waals surface area contributed by atoms with E-state index in [1.54, 1.807) is 20.8 Å². The quantitative estimate of drug-likeness (QED) is 0.142. The maximum absolute atomic E-state index is 14.0. The Bertz CT molecular complexity index is 1730. The van der Waals surface area contributed by atoms with E-state index in [1.807, 2.05) is 0 Å². The van der Waals surface area contributed by atoms with Gasteiger partial charge in [0.15, 0.2) is 22.8 Å². The minimum atomic E-state index is -4.81. The summed E-state index contributed by atoms with van der Waals surface area (Å²) in [6.45, 7) is 7.74. The zero-order chi connectivity index (χ0) is 30.4. The number of benzene rings is 2. The molecule has 4 aromatic rings. The van der Waals surface area contributed by atoms with Gasteiger partial charge < -0.3 is 14.5 Å². The number of fused-ring (bicyclic) bond motifs is 1. The monoisotopic (exact) mass is 594 g/mol. The number of aromatic nitrogens is 1. The van der Waals surface area contributed by atoms with Crippen molar-refractivity contribution in [2.75, 3.05) is 5.32 Å². The van der Waals surface area contributed by atoms with Gasteiger partial charge in [-0.25, -0.2) is 18.6 Å². The van der Waals surface area contributed by atoms with Crippen LogP contribution in [0.3, 0.4) is 0 Å². The molecule has 1 N–H and O–H groups in total. The molecule has 1 atom stereocenters. The number of halogens is 6. The first-order valence-corrected chi connectivity index (χ1v) is 12.6. The molecule has 2 aromatic heterocycles. The van der Waals surface area contributed by atoms with Crippen LogP contribution in [0.5, 0.6) is 0 Å². The smallest absolute Gasteiger partial charge is 0.416 e.